The molecule has 6 heteroatoms. The largest absolute Gasteiger partial charge is 0.491 e. The Balaban J connectivity index is 1.84. The van der Waals surface area contributed by atoms with Gasteiger partial charge in [0.05, 0.1) is 19.3 Å². The van der Waals surface area contributed by atoms with Gasteiger partial charge in [-0.15, -0.1) is 0 Å². The van der Waals surface area contributed by atoms with Crippen LogP contribution < -0.4 is 20.1 Å². The number of carbonyl (C=O) groups excluding carboxylic acids is 1. The molecule has 0 aliphatic carbocycles. The molecular weight excluding hydrogens is 332 g/mol. The van der Waals surface area contributed by atoms with E-state index in [-0.39, 0.29) is 18.6 Å². The number of carbonyl (C=O) groups is 1. The summed E-state index contributed by atoms with van der Waals surface area (Å²) in [6.07, 6.45) is 0.0843. The Morgan fingerprint density at radius 3 is 2.42 bits per heavy atom. The number of ether oxygens (including phenoxy) is 3. The third-order valence-electron chi connectivity index (χ3n) is 3.33. The average molecular weight is 358 g/mol. The van der Waals surface area contributed by atoms with Gasteiger partial charge in [-0.2, -0.15) is 0 Å². The predicted molar refractivity (Wildman–Crippen MR) is 103 cm³/mol. The Hall–Kier alpha value is -2.73. The number of benzene rings is 2. The Morgan fingerprint density at radius 2 is 1.69 bits per heavy atom. The number of methoxy groups -OCH3 is 1. The first kappa shape index (κ1) is 19.6. The molecule has 0 fully saturated rings. The lowest BCUT2D eigenvalue weighted by molar-refractivity contribution is -0.114. The third-order valence-corrected chi connectivity index (χ3v) is 3.33. The van der Waals surface area contributed by atoms with Gasteiger partial charge >= 0.3 is 0 Å². The van der Waals surface area contributed by atoms with Crippen LogP contribution in [0.1, 0.15) is 13.8 Å². The maximum Gasteiger partial charge on any atom is 0.243 e. The van der Waals surface area contributed by atoms with E-state index in [0.717, 1.165) is 17.2 Å². The fourth-order valence-corrected chi connectivity index (χ4v) is 2.25. The van der Waals surface area contributed by atoms with Crippen LogP contribution in [0, 0.1) is 0 Å². The average Bonchev–Trinajstić information content (AvgIpc) is 2.60. The van der Waals surface area contributed by atoms with Gasteiger partial charge in [0.15, 0.2) is 0 Å². The maximum absolute atomic E-state index is 12.2. The molecule has 0 saturated carbocycles. The van der Waals surface area contributed by atoms with E-state index in [1.807, 2.05) is 62.4 Å². The molecular formula is C20H26N2O4. The summed E-state index contributed by atoms with van der Waals surface area (Å²) < 4.78 is 16.1. The third kappa shape index (κ3) is 7.03. The van der Waals surface area contributed by atoms with Crippen molar-refractivity contribution in [3.8, 4) is 11.5 Å². The highest BCUT2D eigenvalue weighted by atomic mass is 16.5. The van der Waals surface area contributed by atoms with Gasteiger partial charge in [0.25, 0.3) is 0 Å². The zero-order valence-corrected chi connectivity index (χ0v) is 15.5. The molecule has 0 radical (unpaired) electrons. The first-order valence-electron chi connectivity index (χ1n) is 8.59. The Labute approximate surface area is 154 Å². The van der Waals surface area contributed by atoms with Crippen LogP contribution in [0.3, 0.4) is 0 Å². The zero-order valence-electron chi connectivity index (χ0n) is 15.5. The lowest BCUT2D eigenvalue weighted by Crippen LogP contribution is -2.21. The summed E-state index contributed by atoms with van der Waals surface area (Å²) in [7, 11) is 1.63. The fourth-order valence-electron chi connectivity index (χ4n) is 2.25. The van der Waals surface area contributed by atoms with Gasteiger partial charge in [0.2, 0.25) is 5.91 Å². The standard InChI is InChI=1S/C20H26N2O4/c1-15(2)26-19-9-5-7-17(13-19)22-20(23)14-21-16-6-4-8-18(12-16)25-11-10-24-3/h4-9,12-13,15,21H,10-11,14H2,1-3H3,(H,22,23). The van der Waals surface area contributed by atoms with E-state index in [4.69, 9.17) is 14.2 Å². The van der Waals surface area contributed by atoms with Crippen LogP contribution >= 0.6 is 0 Å². The second-order valence-corrected chi connectivity index (χ2v) is 5.97. The summed E-state index contributed by atoms with van der Waals surface area (Å²) in [4.78, 5) is 12.2. The van der Waals surface area contributed by atoms with Crippen LogP contribution in [0.5, 0.6) is 11.5 Å². The normalized spacial score (nSPS) is 10.5. The van der Waals surface area contributed by atoms with Crippen LogP contribution in [0.25, 0.3) is 0 Å². The van der Waals surface area contributed by atoms with Crippen molar-refractivity contribution in [2.24, 2.45) is 0 Å². The van der Waals surface area contributed by atoms with Gasteiger partial charge in [-0.1, -0.05) is 12.1 Å². The lowest BCUT2D eigenvalue weighted by atomic mass is 10.3. The highest BCUT2D eigenvalue weighted by molar-refractivity contribution is 5.93. The van der Waals surface area contributed by atoms with Crippen molar-refractivity contribution in [2.45, 2.75) is 20.0 Å². The van der Waals surface area contributed by atoms with E-state index < -0.39 is 0 Å². The van der Waals surface area contributed by atoms with Crippen molar-refractivity contribution in [3.05, 3.63) is 48.5 Å². The van der Waals surface area contributed by atoms with Crippen LogP contribution in [-0.4, -0.2) is 38.9 Å². The van der Waals surface area contributed by atoms with Crippen molar-refractivity contribution < 1.29 is 19.0 Å². The molecule has 2 aromatic carbocycles. The highest BCUT2D eigenvalue weighted by Crippen LogP contribution is 2.19. The number of anilines is 2. The monoisotopic (exact) mass is 358 g/mol. The summed E-state index contributed by atoms with van der Waals surface area (Å²) in [5.74, 6) is 1.31. The molecule has 1 amide bonds. The minimum absolute atomic E-state index is 0.0843. The van der Waals surface area contributed by atoms with E-state index >= 15 is 0 Å². The number of rotatable bonds is 10. The summed E-state index contributed by atoms with van der Waals surface area (Å²) in [5.41, 5.74) is 1.51. The molecule has 0 unspecified atom stereocenters. The minimum Gasteiger partial charge on any atom is -0.491 e. The maximum atomic E-state index is 12.2. The number of hydrogen-bond donors (Lipinski definition) is 2. The van der Waals surface area contributed by atoms with E-state index in [9.17, 15) is 4.79 Å². The molecule has 0 saturated heterocycles. The van der Waals surface area contributed by atoms with Crippen molar-refractivity contribution >= 4 is 17.3 Å². The first-order valence-corrected chi connectivity index (χ1v) is 8.59. The molecule has 140 valence electrons. The van der Waals surface area contributed by atoms with Crippen molar-refractivity contribution in [1.82, 2.24) is 0 Å². The second-order valence-electron chi connectivity index (χ2n) is 5.97. The number of hydrogen-bond acceptors (Lipinski definition) is 5. The summed E-state index contributed by atoms with van der Waals surface area (Å²) in [6.45, 7) is 5.08. The Morgan fingerprint density at radius 1 is 1.00 bits per heavy atom. The van der Waals surface area contributed by atoms with Crippen molar-refractivity contribution in [2.75, 3.05) is 37.5 Å². The Kier molecular flexibility index (Phi) is 7.76. The van der Waals surface area contributed by atoms with Crippen LogP contribution in [0.2, 0.25) is 0 Å². The van der Waals surface area contributed by atoms with E-state index in [1.54, 1.807) is 7.11 Å². The van der Waals surface area contributed by atoms with E-state index in [1.165, 1.54) is 0 Å². The number of amides is 1. The molecule has 0 aliphatic heterocycles. The fraction of sp³-hybridized carbons (Fsp3) is 0.350. The van der Waals surface area contributed by atoms with Gasteiger partial charge in [-0.05, 0) is 38.1 Å². The molecule has 0 aromatic heterocycles. The van der Waals surface area contributed by atoms with Gasteiger partial charge < -0.3 is 24.8 Å². The topological polar surface area (TPSA) is 68.8 Å². The van der Waals surface area contributed by atoms with E-state index in [0.29, 0.717) is 18.9 Å². The van der Waals surface area contributed by atoms with Gasteiger partial charge in [-0.3, -0.25) is 4.79 Å². The SMILES string of the molecule is COCCOc1cccc(NCC(=O)Nc2cccc(OC(C)C)c2)c1. The molecule has 2 N–H and O–H groups in total. The predicted octanol–water partition coefficient (Wildman–Crippen LogP) is 3.55. The first-order chi connectivity index (χ1) is 12.6. The summed E-state index contributed by atoms with van der Waals surface area (Å²) in [5, 5.41) is 5.94. The van der Waals surface area contributed by atoms with Gasteiger partial charge in [-0.25, -0.2) is 0 Å². The smallest absolute Gasteiger partial charge is 0.243 e. The Bertz CT molecular complexity index is 704. The van der Waals surface area contributed by atoms with Crippen molar-refractivity contribution in [1.29, 1.82) is 0 Å². The lowest BCUT2D eigenvalue weighted by Gasteiger charge is -2.12. The molecule has 2 rings (SSSR count). The molecule has 0 aliphatic rings. The molecule has 6 nitrogen and oxygen atoms in total. The molecule has 0 atom stereocenters. The van der Waals surface area contributed by atoms with Gasteiger partial charge in [0, 0.05) is 30.6 Å². The second kappa shape index (κ2) is 10.3. The quantitative estimate of drug-likeness (QED) is 0.636. The van der Waals surface area contributed by atoms with Crippen LogP contribution in [0.4, 0.5) is 11.4 Å². The molecule has 0 heterocycles. The van der Waals surface area contributed by atoms with Gasteiger partial charge in [0.1, 0.15) is 18.1 Å². The molecule has 26 heavy (non-hydrogen) atoms. The number of nitrogens with one attached hydrogen (secondary N) is 2. The van der Waals surface area contributed by atoms with Crippen molar-refractivity contribution in [3.63, 3.8) is 0 Å². The zero-order chi connectivity index (χ0) is 18.8. The minimum atomic E-state index is -0.141. The summed E-state index contributed by atoms with van der Waals surface area (Å²) >= 11 is 0. The summed E-state index contributed by atoms with van der Waals surface area (Å²) in [6, 6.07) is 14.8. The van der Waals surface area contributed by atoms with Crippen LogP contribution in [0.15, 0.2) is 48.5 Å². The van der Waals surface area contributed by atoms with E-state index in [2.05, 4.69) is 10.6 Å². The molecule has 0 bridgehead atoms. The highest BCUT2D eigenvalue weighted by Gasteiger charge is 2.05. The molecule has 2 aromatic rings. The molecule has 0 spiro atoms. The van der Waals surface area contributed by atoms with Crippen LogP contribution in [-0.2, 0) is 9.53 Å².